The highest BCUT2D eigenvalue weighted by Gasteiger charge is 2.10. The molecule has 0 saturated heterocycles. The molecular weight excluding hydrogens is 212 g/mol. The Bertz CT molecular complexity index is 477. The number of benzene rings is 1. The Hall–Kier alpha value is -1.77. The van der Waals surface area contributed by atoms with Gasteiger partial charge < -0.3 is 9.67 Å². The molecular formula is C14H18N2O. The van der Waals surface area contributed by atoms with Gasteiger partial charge in [0, 0.05) is 18.5 Å². The van der Waals surface area contributed by atoms with Gasteiger partial charge in [0.25, 0.3) is 0 Å². The summed E-state index contributed by atoms with van der Waals surface area (Å²) in [6.45, 7) is 4.31. The summed E-state index contributed by atoms with van der Waals surface area (Å²) >= 11 is 0. The first kappa shape index (κ1) is 11.7. The maximum absolute atomic E-state index is 10.1. The summed E-state index contributed by atoms with van der Waals surface area (Å²) in [5.74, 6) is 0.772. The number of rotatable bonds is 4. The quantitative estimate of drug-likeness (QED) is 0.873. The van der Waals surface area contributed by atoms with E-state index < -0.39 is 0 Å². The summed E-state index contributed by atoms with van der Waals surface area (Å²) in [7, 11) is 0. The van der Waals surface area contributed by atoms with Gasteiger partial charge in [-0.1, -0.05) is 26.3 Å². The third-order valence-electron chi connectivity index (χ3n) is 3.07. The highest BCUT2D eigenvalue weighted by Crippen LogP contribution is 2.30. The minimum Gasteiger partial charge on any atom is -0.508 e. The number of imidazole rings is 1. The summed E-state index contributed by atoms with van der Waals surface area (Å²) in [4.78, 5) is 4.00. The zero-order valence-electron chi connectivity index (χ0n) is 10.3. The summed E-state index contributed by atoms with van der Waals surface area (Å²) in [5, 5.41) is 10.1. The summed E-state index contributed by atoms with van der Waals surface area (Å²) in [5.41, 5.74) is 1.96. The monoisotopic (exact) mass is 230 g/mol. The smallest absolute Gasteiger partial charge is 0.121 e. The van der Waals surface area contributed by atoms with Crippen LogP contribution in [0.5, 0.6) is 5.75 Å². The lowest BCUT2D eigenvalue weighted by atomic mass is 9.95. The molecule has 3 heteroatoms. The number of nitrogens with zero attached hydrogens (tertiary/aromatic N) is 2. The number of phenolic OH excluding ortho intramolecular Hbond substituents is 1. The van der Waals surface area contributed by atoms with E-state index in [1.165, 1.54) is 0 Å². The van der Waals surface area contributed by atoms with Crippen molar-refractivity contribution in [2.24, 2.45) is 0 Å². The van der Waals surface area contributed by atoms with Crippen LogP contribution in [-0.4, -0.2) is 14.7 Å². The fourth-order valence-electron chi connectivity index (χ4n) is 2.11. The molecule has 0 fully saturated rings. The molecule has 1 N–H and O–H groups in total. The number of aromatic nitrogens is 2. The van der Waals surface area contributed by atoms with Gasteiger partial charge in [-0.25, -0.2) is 4.98 Å². The van der Waals surface area contributed by atoms with Gasteiger partial charge in [0.05, 0.1) is 12.0 Å². The van der Waals surface area contributed by atoms with Gasteiger partial charge in [0.2, 0.25) is 0 Å². The molecule has 0 spiro atoms. The van der Waals surface area contributed by atoms with Crippen LogP contribution in [0.3, 0.4) is 0 Å². The normalized spacial score (nSPS) is 12.6. The summed E-state index contributed by atoms with van der Waals surface area (Å²) in [6, 6.07) is 5.82. The predicted octanol–water partition coefficient (Wildman–Crippen LogP) is 3.48. The zero-order valence-corrected chi connectivity index (χ0v) is 10.3. The van der Waals surface area contributed by atoms with E-state index in [2.05, 4.69) is 18.8 Å². The van der Waals surface area contributed by atoms with Crippen molar-refractivity contribution in [2.75, 3.05) is 0 Å². The Morgan fingerprint density at radius 1 is 1.41 bits per heavy atom. The molecule has 1 aromatic carbocycles. The predicted molar refractivity (Wildman–Crippen MR) is 68.6 cm³/mol. The molecule has 0 radical (unpaired) electrons. The van der Waals surface area contributed by atoms with Crippen molar-refractivity contribution in [3.8, 4) is 11.4 Å². The van der Waals surface area contributed by atoms with Crippen LogP contribution in [-0.2, 0) is 0 Å². The largest absolute Gasteiger partial charge is 0.508 e. The van der Waals surface area contributed by atoms with E-state index in [9.17, 15) is 5.11 Å². The molecule has 0 aliphatic heterocycles. The second kappa shape index (κ2) is 5.04. The van der Waals surface area contributed by atoms with Crippen LogP contribution >= 0.6 is 0 Å². The zero-order chi connectivity index (χ0) is 12.3. The molecule has 3 nitrogen and oxygen atoms in total. The van der Waals surface area contributed by atoms with Crippen LogP contribution in [0, 0.1) is 0 Å². The van der Waals surface area contributed by atoms with E-state index in [1.807, 2.05) is 22.9 Å². The second-order valence-corrected chi connectivity index (χ2v) is 4.40. The first-order valence-electron chi connectivity index (χ1n) is 6.03. The van der Waals surface area contributed by atoms with E-state index in [0.717, 1.165) is 24.1 Å². The third-order valence-corrected chi connectivity index (χ3v) is 3.07. The summed E-state index contributed by atoms with van der Waals surface area (Å²) in [6.07, 6.45) is 7.54. The fourth-order valence-corrected chi connectivity index (χ4v) is 2.11. The molecule has 0 aliphatic carbocycles. The van der Waals surface area contributed by atoms with E-state index in [0.29, 0.717) is 11.7 Å². The van der Waals surface area contributed by atoms with Crippen molar-refractivity contribution in [1.29, 1.82) is 0 Å². The van der Waals surface area contributed by atoms with Crippen LogP contribution in [0.2, 0.25) is 0 Å². The van der Waals surface area contributed by atoms with E-state index >= 15 is 0 Å². The van der Waals surface area contributed by atoms with Crippen LogP contribution in [0.1, 0.15) is 38.2 Å². The first-order valence-corrected chi connectivity index (χ1v) is 6.03. The van der Waals surface area contributed by atoms with Crippen molar-refractivity contribution >= 4 is 0 Å². The van der Waals surface area contributed by atoms with Gasteiger partial charge in [0.1, 0.15) is 5.75 Å². The molecule has 0 bridgehead atoms. The Morgan fingerprint density at radius 2 is 2.24 bits per heavy atom. The summed E-state index contributed by atoms with van der Waals surface area (Å²) < 4.78 is 1.88. The number of phenols is 1. The highest BCUT2D eigenvalue weighted by molar-refractivity contribution is 5.45. The standard InChI is InChI=1S/C14H18N2O/c1-3-4-11(2)13-6-5-12(9-14(13)17)16-8-7-15-10-16/h5-11,17H,3-4H2,1-2H3. The number of hydrogen-bond donors (Lipinski definition) is 1. The van der Waals surface area contributed by atoms with Gasteiger partial charge in [0.15, 0.2) is 0 Å². The van der Waals surface area contributed by atoms with Gasteiger partial charge in [-0.05, 0) is 24.0 Å². The number of aromatic hydroxyl groups is 1. The van der Waals surface area contributed by atoms with Crippen molar-refractivity contribution in [3.05, 3.63) is 42.5 Å². The first-order chi connectivity index (χ1) is 8.22. The van der Waals surface area contributed by atoms with Gasteiger partial charge in [-0.2, -0.15) is 0 Å². The molecule has 1 unspecified atom stereocenters. The third kappa shape index (κ3) is 2.49. The van der Waals surface area contributed by atoms with Crippen molar-refractivity contribution in [2.45, 2.75) is 32.6 Å². The average molecular weight is 230 g/mol. The van der Waals surface area contributed by atoms with Gasteiger partial charge >= 0.3 is 0 Å². The lowest BCUT2D eigenvalue weighted by Gasteiger charge is -2.13. The molecule has 17 heavy (non-hydrogen) atoms. The Labute approximate surface area is 102 Å². The lowest BCUT2D eigenvalue weighted by molar-refractivity contribution is 0.460. The molecule has 2 rings (SSSR count). The number of hydrogen-bond acceptors (Lipinski definition) is 2. The van der Waals surface area contributed by atoms with E-state index in [1.54, 1.807) is 18.6 Å². The lowest BCUT2D eigenvalue weighted by Crippen LogP contribution is -1.96. The van der Waals surface area contributed by atoms with Crippen molar-refractivity contribution in [1.82, 2.24) is 9.55 Å². The van der Waals surface area contributed by atoms with Crippen molar-refractivity contribution < 1.29 is 5.11 Å². The van der Waals surface area contributed by atoms with E-state index in [4.69, 9.17) is 0 Å². The van der Waals surface area contributed by atoms with Gasteiger partial charge in [-0.3, -0.25) is 0 Å². The molecule has 2 aromatic rings. The molecule has 1 atom stereocenters. The minimum atomic E-state index is 0.372. The minimum absolute atomic E-state index is 0.372. The second-order valence-electron chi connectivity index (χ2n) is 4.40. The Morgan fingerprint density at radius 3 is 2.82 bits per heavy atom. The van der Waals surface area contributed by atoms with Crippen LogP contribution in [0.4, 0.5) is 0 Å². The molecule has 1 heterocycles. The highest BCUT2D eigenvalue weighted by atomic mass is 16.3. The van der Waals surface area contributed by atoms with Crippen LogP contribution < -0.4 is 0 Å². The average Bonchev–Trinajstić information content (AvgIpc) is 2.82. The van der Waals surface area contributed by atoms with E-state index in [-0.39, 0.29) is 0 Å². The maximum Gasteiger partial charge on any atom is 0.121 e. The molecule has 0 saturated carbocycles. The van der Waals surface area contributed by atoms with Crippen molar-refractivity contribution in [3.63, 3.8) is 0 Å². The van der Waals surface area contributed by atoms with Crippen LogP contribution in [0.15, 0.2) is 36.9 Å². The fraction of sp³-hybridized carbons (Fsp3) is 0.357. The Balaban J connectivity index is 2.29. The molecule has 0 amide bonds. The Kier molecular flexibility index (Phi) is 3.47. The topological polar surface area (TPSA) is 38.0 Å². The molecule has 0 aliphatic rings. The SMILES string of the molecule is CCCC(C)c1ccc(-n2ccnc2)cc1O. The maximum atomic E-state index is 10.1. The molecule has 90 valence electrons. The van der Waals surface area contributed by atoms with Crippen LogP contribution in [0.25, 0.3) is 5.69 Å². The molecule has 1 aromatic heterocycles. The van der Waals surface area contributed by atoms with Gasteiger partial charge in [-0.15, -0.1) is 0 Å².